The molecule has 0 aliphatic carbocycles. The van der Waals surface area contributed by atoms with Gasteiger partial charge in [-0.1, -0.05) is 0 Å². The van der Waals surface area contributed by atoms with E-state index in [1.165, 1.54) is 18.9 Å². The molecule has 13 heteroatoms. The van der Waals surface area contributed by atoms with E-state index in [9.17, 15) is 23.2 Å². The van der Waals surface area contributed by atoms with Gasteiger partial charge < -0.3 is 15.5 Å². The summed E-state index contributed by atoms with van der Waals surface area (Å²) in [7, 11) is 1.47. The zero-order valence-corrected chi connectivity index (χ0v) is 19.4. The number of aromatic nitrogens is 2. The van der Waals surface area contributed by atoms with Gasteiger partial charge in [-0.2, -0.15) is 5.10 Å². The average molecular weight is 527 g/mol. The van der Waals surface area contributed by atoms with Crippen LogP contribution in [0.4, 0.5) is 19.3 Å². The number of nitrogens with one attached hydrogen (secondary N) is 2. The Balaban J connectivity index is 1.55. The van der Waals surface area contributed by atoms with Gasteiger partial charge in [-0.25, -0.2) is 18.6 Å². The van der Waals surface area contributed by atoms with Crippen molar-refractivity contribution < 1.29 is 28.0 Å². The molecule has 1 unspecified atom stereocenters. The fourth-order valence-electron chi connectivity index (χ4n) is 3.79. The minimum atomic E-state index is -0.917. The summed E-state index contributed by atoms with van der Waals surface area (Å²) in [6.07, 6.45) is -0.114. The van der Waals surface area contributed by atoms with Crippen molar-refractivity contribution >= 4 is 39.5 Å². The van der Waals surface area contributed by atoms with Gasteiger partial charge in [-0.15, -0.1) is 0 Å². The van der Waals surface area contributed by atoms with Crippen LogP contribution in [-0.4, -0.2) is 63.8 Å². The van der Waals surface area contributed by atoms with Crippen LogP contribution in [0.1, 0.15) is 28.7 Å². The Hall–Kier alpha value is -3.06. The molecule has 4 rings (SSSR count). The predicted octanol–water partition coefficient (Wildman–Crippen LogP) is 2.04. The largest absolute Gasteiger partial charge is 0.354 e. The number of hydroxylamine groups is 2. The highest BCUT2D eigenvalue weighted by Gasteiger charge is 2.35. The Bertz CT molecular complexity index is 1140. The number of urea groups is 1. The molecule has 3 heterocycles. The molecular weight excluding hydrogens is 506 g/mol. The summed E-state index contributed by atoms with van der Waals surface area (Å²) in [6.45, 7) is 2.20. The molecule has 4 amide bonds. The normalized spacial score (nSPS) is 17.8. The van der Waals surface area contributed by atoms with Gasteiger partial charge in [0, 0.05) is 39.0 Å². The highest BCUT2D eigenvalue weighted by molar-refractivity contribution is 9.10. The molecule has 0 spiro atoms. The van der Waals surface area contributed by atoms with E-state index < -0.39 is 29.7 Å². The van der Waals surface area contributed by atoms with E-state index in [2.05, 4.69) is 31.7 Å². The molecule has 1 aromatic heterocycles. The van der Waals surface area contributed by atoms with Gasteiger partial charge in [0.05, 0.1) is 28.9 Å². The third kappa shape index (κ3) is 4.55. The summed E-state index contributed by atoms with van der Waals surface area (Å²) in [5, 5.41) is 10.7. The quantitative estimate of drug-likeness (QED) is 0.595. The van der Waals surface area contributed by atoms with E-state index in [4.69, 9.17) is 4.84 Å². The standard InChI is InChI=1S/C20H21BrF2N6O4/c1-10(30)24-7-11-8-29-18(19(31)27(2)33-11)12-9-28(6-5-14(12)26-29)20(32)25-15-4-3-13(22)16(21)17(15)23/h3-4,11H,5-9H2,1-2H3,(H,24,30)(H,25,32). The molecule has 1 atom stereocenters. The van der Waals surface area contributed by atoms with E-state index in [0.717, 1.165) is 17.2 Å². The lowest BCUT2D eigenvalue weighted by atomic mass is 10.1. The van der Waals surface area contributed by atoms with Crippen LogP contribution in [0.2, 0.25) is 0 Å². The van der Waals surface area contributed by atoms with Gasteiger partial charge in [0.25, 0.3) is 5.91 Å². The number of anilines is 1. The topological polar surface area (TPSA) is 109 Å². The molecule has 1 aromatic carbocycles. The number of fused-ring (bicyclic) bond motifs is 3. The van der Waals surface area contributed by atoms with Crippen LogP contribution in [0.15, 0.2) is 16.6 Å². The fourth-order valence-corrected chi connectivity index (χ4v) is 4.14. The maximum atomic E-state index is 14.3. The lowest BCUT2D eigenvalue weighted by Gasteiger charge is -2.27. The number of hydrogen-bond donors (Lipinski definition) is 2. The van der Waals surface area contributed by atoms with Crippen molar-refractivity contribution in [3.05, 3.63) is 45.2 Å². The minimum Gasteiger partial charge on any atom is -0.354 e. The Morgan fingerprint density at radius 1 is 1.33 bits per heavy atom. The Kier molecular flexibility index (Phi) is 6.34. The lowest BCUT2D eigenvalue weighted by Crippen LogP contribution is -2.40. The van der Waals surface area contributed by atoms with Crippen molar-refractivity contribution in [3.63, 3.8) is 0 Å². The number of halogens is 3. The first kappa shape index (κ1) is 23.1. The number of amides is 4. The number of rotatable bonds is 3. The molecule has 0 saturated carbocycles. The number of hydrogen-bond acceptors (Lipinski definition) is 5. The number of carbonyl (C=O) groups is 3. The molecule has 0 saturated heterocycles. The summed E-state index contributed by atoms with van der Waals surface area (Å²) in [4.78, 5) is 44.1. The maximum Gasteiger partial charge on any atom is 0.322 e. The molecule has 0 fully saturated rings. The van der Waals surface area contributed by atoms with Gasteiger partial charge >= 0.3 is 6.03 Å². The highest BCUT2D eigenvalue weighted by atomic mass is 79.9. The van der Waals surface area contributed by atoms with Crippen LogP contribution >= 0.6 is 15.9 Å². The van der Waals surface area contributed by atoms with E-state index in [1.54, 1.807) is 4.68 Å². The van der Waals surface area contributed by atoms with Crippen LogP contribution in [0.5, 0.6) is 0 Å². The molecular formula is C20H21BrF2N6O4. The monoisotopic (exact) mass is 526 g/mol. The van der Waals surface area contributed by atoms with Crippen LogP contribution in [-0.2, 0) is 29.1 Å². The van der Waals surface area contributed by atoms with Crippen molar-refractivity contribution in [3.8, 4) is 0 Å². The molecule has 10 nitrogen and oxygen atoms in total. The average Bonchev–Trinajstić information content (AvgIpc) is 3.08. The van der Waals surface area contributed by atoms with Crippen molar-refractivity contribution in [1.29, 1.82) is 0 Å². The highest BCUT2D eigenvalue weighted by Crippen LogP contribution is 2.28. The Labute approximate surface area is 195 Å². The van der Waals surface area contributed by atoms with Crippen LogP contribution in [0.3, 0.4) is 0 Å². The molecule has 2 aromatic rings. The summed E-state index contributed by atoms with van der Waals surface area (Å²) in [5.74, 6) is -2.34. The van der Waals surface area contributed by atoms with Crippen molar-refractivity contribution in [1.82, 2.24) is 25.1 Å². The van der Waals surface area contributed by atoms with E-state index >= 15 is 0 Å². The van der Waals surface area contributed by atoms with Gasteiger partial charge in [0.1, 0.15) is 17.6 Å². The first-order valence-electron chi connectivity index (χ1n) is 10.1. The number of benzene rings is 1. The first-order chi connectivity index (χ1) is 15.7. The van der Waals surface area contributed by atoms with Gasteiger partial charge in [0.2, 0.25) is 5.91 Å². The summed E-state index contributed by atoms with van der Waals surface area (Å²) < 4.78 is 28.9. The molecule has 0 radical (unpaired) electrons. The zero-order chi connectivity index (χ0) is 23.9. The minimum absolute atomic E-state index is 0.0798. The van der Waals surface area contributed by atoms with Crippen LogP contribution in [0.25, 0.3) is 0 Å². The summed E-state index contributed by atoms with van der Waals surface area (Å²) in [6, 6.07) is 1.59. The zero-order valence-electron chi connectivity index (χ0n) is 17.8. The second kappa shape index (κ2) is 9.06. The number of nitrogens with zero attached hydrogens (tertiary/aromatic N) is 4. The second-order valence-corrected chi connectivity index (χ2v) is 8.54. The molecule has 176 valence electrons. The first-order valence-corrected chi connectivity index (χ1v) is 10.9. The van der Waals surface area contributed by atoms with Crippen molar-refractivity contribution in [2.75, 3.05) is 25.5 Å². The Morgan fingerprint density at radius 2 is 2.09 bits per heavy atom. The maximum absolute atomic E-state index is 14.3. The van der Waals surface area contributed by atoms with E-state index in [0.29, 0.717) is 29.9 Å². The number of carbonyl (C=O) groups excluding carboxylic acids is 3. The smallest absolute Gasteiger partial charge is 0.322 e. The second-order valence-electron chi connectivity index (χ2n) is 7.75. The molecule has 0 bridgehead atoms. The van der Waals surface area contributed by atoms with Gasteiger partial charge in [0.15, 0.2) is 5.82 Å². The van der Waals surface area contributed by atoms with Crippen molar-refractivity contribution in [2.24, 2.45) is 0 Å². The third-order valence-electron chi connectivity index (χ3n) is 5.42. The molecule has 2 aliphatic rings. The summed E-state index contributed by atoms with van der Waals surface area (Å²) in [5.41, 5.74) is 1.40. The molecule has 2 aliphatic heterocycles. The molecule has 2 N–H and O–H groups in total. The lowest BCUT2D eigenvalue weighted by molar-refractivity contribution is -0.148. The molecule has 33 heavy (non-hydrogen) atoms. The van der Waals surface area contributed by atoms with Gasteiger partial charge in [-0.3, -0.25) is 19.1 Å². The van der Waals surface area contributed by atoms with E-state index in [1.807, 2.05) is 0 Å². The predicted molar refractivity (Wildman–Crippen MR) is 115 cm³/mol. The fraction of sp³-hybridized carbons (Fsp3) is 0.400. The Morgan fingerprint density at radius 3 is 2.82 bits per heavy atom. The SMILES string of the molecule is CC(=O)NCC1Cn2nc3c(c2C(=O)N(C)O1)CN(C(=O)Nc1ccc(F)c(Br)c1F)CC3. The van der Waals surface area contributed by atoms with Gasteiger partial charge in [-0.05, 0) is 28.1 Å². The third-order valence-corrected chi connectivity index (χ3v) is 6.14. The summed E-state index contributed by atoms with van der Waals surface area (Å²) >= 11 is 2.81. The van der Waals surface area contributed by atoms with E-state index in [-0.39, 0.29) is 35.7 Å². The van der Waals surface area contributed by atoms with Crippen molar-refractivity contribution in [2.45, 2.75) is 32.5 Å². The van der Waals surface area contributed by atoms with Crippen LogP contribution in [0, 0.1) is 11.6 Å². The van der Waals surface area contributed by atoms with Crippen LogP contribution < -0.4 is 10.6 Å².